The van der Waals surface area contributed by atoms with Crippen LogP contribution < -0.4 is 10.5 Å². The molecule has 0 spiro atoms. The molecule has 4 heteroatoms. The highest BCUT2D eigenvalue weighted by molar-refractivity contribution is 6.08. The number of nitrogens with two attached hydrogens (primary N) is 1. The van der Waals surface area contributed by atoms with Crippen molar-refractivity contribution in [2.24, 2.45) is 5.73 Å². The molecule has 0 heterocycles. The molecule has 3 aromatic rings. The zero-order chi connectivity index (χ0) is 17.6. The van der Waals surface area contributed by atoms with Crippen molar-refractivity contribution in [2.45, 2.75) is 6.61 Å². The Hall–Kier alpha value is -3.40. The second-order valence-corrected chi connectivity index (χ2v) is 5.57. The molecule has 0 aliphatic carbocycles. The van der Waals surface area contributed by atoms with Gasteiger partial charge in [-0.3, -0.25) is 9.59 Å². The first-order valence-corrected chi connectivity index (χ1v) is 7.85. The maximum absolute atomic E-state index is 12.3. The van der Waals surface area contributed by atoms with Gasteiger partial charge in [0.25, 0.3) is 0 Å². The Bertz CT molecular complexity index is 869. The Morgan fingerprint density at radius 1 is 0.720 bits per heavy atom. The van der Waals surface area contributed by atoms with Gasteiger partial charge in [0.15, 0.2) is 5.78 Å². The van der Waals surface area contributed by atoms with Crippen molar-refractivity contribution in [3.05, 3.63) is 101 Å². The molecule has 0 fully saturated rings. The van der Waals surface area contributed by atoms with Gasteiger partial charge < -0.3 is 10.5 Å². The maximum Gasteiger partial charge on any atom is 0.248 e. The normalized spacial score (nSPS) is 10.2. The molecule has 25 heavy (non-hydrogen) atoms. The van der Waals surface area contributed by atoms with E-state index in [1.165, 1.54) is 0 Å². The van der Waals surface area contributed by atoms with Gasteiger partial charge in [0.05, 0.1) is 0 Å². The van der Waals surface area contributed by atoms with E-state index in [0.717, 1.165) is 5.56 Å². The van der Waals surface area contributed by atoms with Gasteiger partial charge in [-0.2, -0.15) is 0 Å². The summed E-state index contributed by atoms with van der Waals surface area (Å²) in [4.78, 5) is 23.4. The van der Waals surface area contributed by atoms with Gasteiger partial charge in [-0.1, -0.05) is 42.5 Å². The highest BCUT2D eigenvalue weighted by Crippen LogP contribution is 2.17. The Morgan fingerprint density at radius 2 is 1.28 bits per heavy atom. The van der Waals surface area contributed by atoms with E-state index in [2.05, 4.69) is 0 Å². The van der Waals surface area contributed by atoms with E-state index < -0.39 is 5.91 Å². The van der Waals surface area contributed by atoms with E-state index in [1.807, 2.05) is 18.2 Å². The number of hydrogen-bond acceptors (Lipinski definition) is 3. The van der Waals surface area contributed by atoms with Gasteiger partial charge in [0.2, 0.25) is 5.91 Å². The molecule has 0 aliphatic rings. The van der Waals surface area contributed by atoms with Crippen LogP contribution in [0.25, 0.3) is 0 Å². The van der Waals surface area contributed by atoms with Crippen LogP contribution in [0.5, 0.6) is 5.75 Å². The first-order valence-electron chi connectivity index (χ1n) is 7.85. The second-order valence-electron chi connectivity index (χ2n) is 5.57. The van der Waals surface area contributed by atoms with Crippen molar-refractivity contribution in [3.8, 4) is 5.75 Å². The monoisotopic (exact) mass is 331 g/mol. The highest BCUT2D eigenvalue weighted by atomic mass is 16.5. The SMILES string of the molecule is NC(=O)c1ccc(COc2ccc(C(=O)c3ccccc3)cc2)cc1. The number of ether oxygens (including phenoxy) is 1. The molecule has 0 atom stereocenters. The summed E-state index contributed by atoms with van der Waals surface area (Å²) < 4.78 is 5.71. The lowest BCUT2D eigenvalue weighted by Crippen LogP contribution is -2.10. The molecule has 0 aromatic heterocycles. The average Bonchev–Trinajstić information content (AvgIpc) is 2.67. The van der Waals surface area contributed by atoms with E-state index in [-0.39, 0.29) is 5.78 Å². The molecule has 4 nitrogen and oxygen atoms in total. The van der Waals surface area contributed by atoms with E-state index >= 15 is 0 Å². The topological polar surface area (TPSA) is 69.4 Å². The summed E-state index contributed by atoms with van der Waals surface area (Å²) in [6.07, 6.45) is 0. The molecule has 0 radical (unpaired) electrons. The summed E-state index contributed by atoms with van der Waals surface area (Å²) in [5.41, 5.74) is 7.88. The highest BCUT2D eigenvalue weighted by Gasteiger charge is 2.08. The number of hydrogen-bond donors (Lipinski definition) is 1. The number of carbonyl (C=O) groups excluding carboxylic acids is 2. The largest absolute Gasteiger partial charge is 0.489 e. The van der Waals surface area contributed by atoms with Crippen LogP contribution in [0, 0.1) is 0 Å². The quantitative estimate of drug-likeness (QED) is 0.702. The van der Waals surface area contributed by atoms with Crippen LogP contribution in [-0.2, 0) is 6.61 Å². The molecule has 0 aliphatic heterocycles. The molecule has 0 unspecified atom stereocenters. The predicted molar refractivity (Wildman–Crippen MR) is 95.6 cm³/mol. The van der Waals surface area contributed by atoms with E-state index in [1.54, 1.807) is 60.7 Å². The molecular formula is C21H17NO3. The molecule has 3 aromatic carbocycles. The third-order valence-electron chi connectivity index (χ3n) is 3.80. The zero-order valence-corrected chi connectivity index (χ0v) is 13.5. The van der Waals surface area contributed by atoms with Gasteiger partial charge in [-0.05, 0) is 42.0 Å². The molecule has 3 rings (SSSR count). The fraction of sp³-hybridized carbons (Fsp3) is 0.0476. The van der Waals surface area contributed by atoms with Crippen molar-refractivity contribution in [3.63, 3.8) is 0 Å². The first kappa shape index (κ1) is 16.5. The third-order valence-corrected chi connectivity index (χ3v) is 3.80. The van der Waals surface area contributed by atoms with Crippen LogP contribution in [-0.4, -0.2) is 11.7 Å². The predicted octanol–water partition coefficient (Wildman–Crippen LogP) is 3.60. The number of benzene rings is 3. The molecule has 0 saturated heterocycles. The fourth-order valence-electron chi connectivity index (χ4n) is 2.39. The van der Waals surface area contributed by atoms with Crippen LogP contribution in [0.2, 0.25) is 0 Å². The number of ketones is 1. The fourth-order valence-corrected chi connectivity index (χ4v) is 2.39. The summed E-state index contributed by atoms with van der Waals surface area (Å²) >= 11 is 0. The number of carbonyl (C=O) groups is 2. The Kier molecular flexibility index (Phi) is 4.90. The van der Waals surface area contributed by atoms with Crippen molar-refractivity contribution in [1.82, 2.24) is 0 Å². The van der Waals surface area contributed by atoms with Crippen molar-refractivity contribution >= 4 is 11.7 Å². The van der Waals surface area contributed by atoms with Gasteiger partial charge in [0.1, 0.15) is 12.4 Å². The molecular weight excluding hydrogens is 314 g/mol. The summed E-state index contributed by atoms with van der Waals surface area (Å²) in [7, 11) is 0. The van der Waals surface area contributed by atoms with E-state index in [9.17, 15) is 9.59 Å². The summed E-state index contributed by atoms with van der Waals surface area (Å²) in [6, 6.07) is 23.1. The van der Waals surface area contributed by atoms with Crippen LogP contribution >= 0.6 is 0 Å². The van der Waals surface area contributed by atoms with Crippen LogP contribution in [0.15, 0.2) is 78.9 Å². The van der Waals surface area contributed by atoms with Crippen molar-refractivity contribution in [1.29, 1.82) is 0 Å². The average molecular weight is 331 g/mol. The minimum absolute atomic E-state index is 0.0193. The molecule has 124 valence electrons. The molecule has 0 bridgehead atoms. The van der Waals surface area contributed by atoms with E-state index in [4.69, 9.17) is 10.5 Å². The van der Waals surface area contributed by atoms with Crippen LogP contribution in [0.4, 0.5) is 0 Å². The minimum atomic E-state index is -0.453. The Labute approximate surface area is 145 Å². The van der Waals surface area contributed by atoms with Crippen LogP contribution in [0.3, 0.4) is 0 Å². The van der Waals surface area contributed by atoms with Crippen LogP contribution in [0.1, 0.15) is 31.8 Å². The lowest BCUT2D eigenvalue weighted by molar-refractivity contribution is 0.0998. The summed E-state index contributed by atoms with van der Waals surface area (Å²) in [6.45, 7) is 0.366. The summed E-state index contributed by atoms with van der Waals surface area (Å²) in [5, 5.41) is 0. The van der Waals surface area contributed by atoms with Gasteiger partial charge in [-0.25, -0.2) is 0 Å². The number of rotatable bonds is 6. The standard InChI is InChI=1S/C21H17NO3/c22-21(24)18-8-6-15(7-9-18)14-25-19-12-10-17(11-13-19)20(23)16-4-2-1-3-5-16/h1-13H,14H2,(H2,22,24). The van der Waals surface area contributed by atoms with Gasteiger partial charge in [-0.15, -0.1) is 0 Å². The van der Waals surface area contributed by atoms with E-state index in [0.29, 0.717) is 29.0 Å². The lowest BCUT2D eigenvalue weighted by Gasteiger charge is -2.08. The second kappa shape index (κ2) is 7.45. The van der Waals surface area contributed by atoms with Gasteiger partial charge >= 0.3 is 0 Å². The van der Waals surface area contributed by atoms with Gasteiger partial charge in [0, 0.05) is 16.7 Å². The number of primary amides is 1. The summed E-state index contributed by atoms with van der Waals surface area (Å²) in [5.74, 6) is 0.198. The van der Waals surface area contributed by atoms with Crippen molar-refractivity contribution < 1.29 is 14.3 Å². The molecule has 0 saturated carbocycles. The zero-order valence-electron chi connectivity index (χ0n) is 13.5. The Morgan fingerprint density at radius 3 is 1.88 bits per heavy atom. The minimum Gasteiger partial charge on any atom is -0.489 e. The Balaban J connectivity index is 1.63. The first-order chi connectivity index (χ1) is 12.1. The number of amides is 1. The van der Waals surface area contributed by atoms with Crippen molar-refractivity contribution in [2.75, 3.05) is 0 Å². The molecule has 2 N–H and O–H groups in total. The smallest absolute Gasteiger partial charge is 0.248 e. The maximum atomic E-state index is 12.3. The molecule has 1 amide bonds. The third kappa shape index (κ3) is 4.12. The lowest BCUT2D eigenvalue weighted by atomic mass is 10.0.